The van der Waals surface area contributed by atoms with E-state index < -0.39 is 11.7 Å². The van der Waals surface area contributed by atoms with Crippen molar-refractivity contribution in [2.75, 3.05) is 20.1 Å². The highest BCUT2D eigenvalue weighted by Crippen LogP contribution is 2.32. The Morgan fingerprint density at radius 2 is 1.89 bits per heavy atom. The number of nitrogens with zero attached hydrogens (tertiary/aromatic N) is 4. The summed E-state index contributed by atoms with van der Waals surface area (Å²) in [4.78, 5) is 16.4. The monoisotopic (exact) mass is 394 g/mol. The first kappa shape index (κ1) is 20.4. The van der Waals surface area contributed by atoms with Crippen molar-refractivity contribution < 1.29 is 18.0 Å². The molecule has 8 heteroatoms. The van der Waals surface area contributed by atoms with Crippen molar-refractivity contribution in [3.8, 4) is 0 Å². The summed E-state index contributed by atoms with van der Waals surface area (Å²) < 4.78 is 41.2. The molecule has 2 aromatic rings. The van der Waals surface area contributed by atoms with Gasteiger partial charge in [-0.3, -0.25) is 14.4 Å². The lowest BCUT2D eigenvalue weighted by atomic mass is 10.0. The van der Waals surface area contributed by atoms with Gasteiger partial charge in [-0.1, -0.05) is 18.2 Å². The summed E-state index contributed by atoms with van der Waals surface area (Å²) >= 11 is 0. The molecule has 1 saturated heterocycles. The predicted octanol–water partition coefficient (Wildman–Crippen LogP) is 3.48. The summed E-state index contributed by atoms with van der Waals surface area (Å²) in [6, 6.07) is 7.54. The molecule has 1 aliphatic rings. The third kappa shape index (κ3) is 4.38. The lowest BCUT2D eigenvalue weighted by Gasteiger charge is -2.36. The smallest absolute Gasteiger partial charge is 0.337 e. The van der Waals surface area contributed by atoms with E-state index in [9.17, 15) is 18.0 Å². The minimum Gasteiger partial charge on any atom is -0.337 e. The highest BCUT2D eigenvalue weighted by Gasteiger charge is 2.34. The molecule has 0 unspecified atom stereocenters. The number of rotatable bonds is 4. The van der Waals surface area contributed by atoms with Gasteiger partial charge in [0.25, 0.3) is 5.91 Å². The minimum absolute atomic E-state index is 0.0592. The van der Waals surface area contributed by atoms with Crippen LogP contribution in [-0.2, 0) is 19.8 Å². The molecule has 28 heavy (non-hydrogen) atoms. The van der Waals surface area contributed by atoms with Gasteiger partial charge in [-0.25, -0.2) is 0 Å². The number of piperidine rings is 1. The van der Waals surface area contributed by atoms with Crippen LogP contribution in [0.1, 0.15) is 40.2 Å². The van der Waals surface area contributed by atoms with Gasteiger partial charge in [-0.05, 0) is 37.5 Å². The van der Waals surface area contributed by atoms with Crippen LogP contribution in [0, 0.1) is 6.92 Å². The van der Waals surface area contributed by atoms with Crippen molar-refractivity contribution in [2.45, 2.75) is 38.5 Å². The van der Waals surface area contributed by atoms with Crippen molar-refractivity contribution >= 4 is 5.91 Å². The average molecular weight is 394 g/mol. The van der Waals surface area contributed by atoms with Gasteiger partial charge in [0.05, 0.1) is 5.56 Å². The van der Waals surface area contributed by atoms with Crippen LogP contribution in [0.25, 0.3) is 0 Å². The molecule has 2 heterocycles. The number of aryl methyl sites for hydroxylation is 2. The Kier molecular flexibility index (Phi) is 5.79. The standard InChI is InChI=1S/C20H25F3N4O/c1-14-12-18(24-26(14)3)19(28)25(2)16-8-10-27(11-9-16)13-15-6-4-5-7-17(15)20(21,22)23/h4-7,12,16H,8-11,13H2,1-3H3. The molecule has 0 atom stereocenters. The van der Waals surface area contributed by atoms with E-state index in [0.29, 0.717) is 24.3 Å². The summed E-state index contributed by atoms with van der Waals surface area (Å²) in [7, 11) is 3.56. The van der Waals surface area contributed by atoms with Crippen LogP contribution < -0.4 is 0 Å². The van der Waals surface area contributed by atoms with Gasteiger partial charge in [0.1, 0.15) is 0 Å². The molecule has 1 aromatic carbocycles. The van der Waals surface area contributed by atoms with Crippen molar-refractivity contribution in [1.29, 1.82) is 0 Å². The highest BCUT2D eigenvalue weighted by atomic mass is 19.4. The first-order valence-electron chi connectivity index (χ1n) is 9.32. The molecule has 0 aliphatic carbocycles. The number of carbonyl (C=O) groups is 1. The van der Waals surface area contributed by atoms with Gasteiger partial charge in [0.15, 0.2) is 5.69 Å². The quantitative estimate of drug-likeness (QED) is 0.797. The first-order chi connectivity index (χ1) is 13.2. The molecule has 0 radical (unpaired) electrons. The number of alkyl halides is 3. The van der Waals surface area contributed by atoms with Gasteiger partial charge in [-0.15, -0.1) is 0 Å². The molecule has 1 amide bonds. The largest absolute Gasteiger partial charge is 0.416 e. The topological polar surface area (TPSA) is 41.4 Å². The van der Waals surface area contributed by atoms with E-state index in [-0.39, 0.29) is 18.5 Å². The number of halogens is 3. The SMILES string of the molecule is Cc1cc(C(=O)N(C)C2CCN(Cc3ccccc3C(F)(F)F)CC2)nn1C. The summed E-state index contributed by atoms with van der Waals surface area (Å²) in [6.07, 6.45) is -2.90. The Hall–Kier alpha value is -2.35. The van der Waals surface area contributed by atoms with E-state index >= 15 is 0 Å². The molecule has 0 bridgehead atoms. The van der Waals surface area contributed by atoms with Crippen LogP contribution in [-0.4, -0.2) is 51.7 Å². The molecular formula is C20H25F3N4O. The van der Waals surface area contributed by atoms with Gasteiger partial charge in [-0.2, -0.15) is 18.3 Å². The van der Waals surface area contributed by atoms with Gasteiger partial charge in [0, 0.05) is 45.5 Å². The normalized spacial score (nSPS) is 16.4. The van der Waals surface area contributed by atoms with Gasteiger partial charge >= 0.3 is 6.18 Å². The summed E-state index contributed by atoms with van der Waals surface area (Å²) in [6.45, 7) is 3.45. The number of hydrogen-bond acceptors (Lipinski definition) is 3. The molecule has 3 rings (SSSR count). The van der Waals surface area contributed by atoms with Crippen molar-refractivity contribution in [3.63, 3.8) is 0 Å². The number of aromatic nitrogens is 2. The zero-order chi connectivity index (χ0) is 20.5. The average Bonchev–Trinajstić information content (AvgIpc) is 2.99. The Balaban J connectivity index is 1.60. The molecular weight excluding hydrogens is 369 g/mol. The zero-order valence-electron chi connectivity index (χ0n) is 16.3. The van der Waals surface area contributed by atoms with E-state index in [1.54, 1.807) is 35.8 Å². The van der Waals surface area contributed by atoms with E-state index in [1.807, 2.05) is 11.8 Å². The molecule has 1 fully saturated rings. The van der Waals surface area contributed by atoms with Crippen molar-refractivity contribution in [2.24, 2.45) is 7.05 Å². The lowest BCUT2D eigenvalue weighted by molar-refractivity contribution is -0.138. The number of carbonyl (C=O) groups excluding carboxylic acids is 1. The zero-order valence-corrected chi connectivity index (χ0v) is 16.3. The van der Waals surface area contributed by atoms with Crippen LogP contribution in [0.3, 0.4) is 0 Å². The first-order valence-corrected chi connectivity index (χ1v) is 9.32. The number of hydrogen-bond donors (Lipinski definition) is 0. The molecule has 152 valence electrons. The van der Waals surface area contributed by atoms with Crippen LogP contribution >= 0.6 is 0 Å². The maximum Gasteiger partial charge on any atom is 0.416 e. The maximum absolute atomic E-state index is 13.2. The fourth-order valence-corrected chi connectivity index (χ4v) is 3.65. The minimum atomic E-state index is -4.34. The second-order valence-corrected chi connectivity index (χ2v) is 7.37. The second kappa shape index (κ2) is 7.95. The molecule has 0 spiro atoms. The van der Waals surface area contributed by atoms with Crippen LogP contribution in [0.4, 0.5) is 13.2 Å². The molecule has 5 nitrogen and oxygen atoms in total. The summed E-state index contributed by atoms with van der Waals surface area (Å²) in [5.74, 6) is -0.121. The summed E-state index contributed by atoms with van der Waals surface area (Å²) in [5.41, 5.74) is 1.05. The van der Waals surface area contributed by atoms with Crippen molar-refractivity contribution in [3.05, 3.63) is 52.8 Å². The number of amides is 1. The third-order valence-electron chi connectivity index (χ3n) is 5.47. The van der Waals surface area contributed by atoms with E-state index in [4.69, 9.17) is 0 Å². The number of likely N-dealkylation sites (tertiary alicyclic amines) is 1. The lowest BCUT2D eigenvalue weighted by Crippen LogP contribution is -2.45. The van der Waals surface area contributed by atoms with Crippen LogP contribution in [0.2, 0.25) is 0 Å². The van der Waals surface area contributed by atoms with E-state index in [1.165, 1.54) is 12.1 Å². The predicted molar refractivity (Wildman–Crippen MR) is 99.8 cm³/mol. The Morgan fingerprint density at radius 1 is 1.25 bits per heavy atom. The molecule has 1 aliphatic heterocycles. The van der Waals surface area contributed by atoms with Gasteiger partial charge < -0.3 is 4.90 Å². The van der Waals surface area contributed by atoms with Gasteiger partial charge in [0.2, 0.25) is 0 Å². The van der Waals surface area contributed by atoms with E-state index in [0.717, 1.165) is 24.6 Å². The van der Waals surface area contributed by atoms with Crippen molar-refractivity contribution in [1.82, 2.24) is 19.6 Å². The molecule has 0 N–H and O–H groups in total. The third-order valence-corrected chi connectivity index (χ3v) is 5.47. The maximum atomic E-state index is 13.2. The molecule has 1 aromatic heterocycles. The fraction of sp³-hybridized carbons (Fsp3) is 0.500. The number of benzene rings is 1. The fourth-order valence-electron chi connectivity index (χ4n) is 3.65. The van der Waals surface area contributed by atoms with Crippen LogP contribution in [0.15, 0.2) is 30.3 Å². The van der Waals surface area contributed by atoms with Crippen LogP contribution in [0.5, 0.6) is 0 Å². The Bertz CT molecular complexity index is 819. The Morgan fingerprint density at radius 3 is 2.46 bits per heavy atom. The summed E-state index contributed by atoms with van der Waals surface area (Å²) in [5, 5.41) is 4.24. The highest BCUT2D eigenvalue weighted by molar-refractivity contribution is 5.92. The Labute approximate surface area is 162 Å². The van der Waals surface area contributed by atoms with E-state index in [2.05, 4.69) is 5.10 Å². The second-order valence-electron chi connectivity index (χ2n) is 7.37. The molecule has 0 saturated carbocycles.